The van der Waals surface area contributed by atoms with Gasteiger partial charge in [-0.1, -0.05) is 17.8 Å². The third kappa shape index (κ3) is 4.44. The molecule has 4 N–H and O–H groups in total. The fourth-order valence-corrected chi connectivity index (χ4v) is 3.32. The number of thiophene rings is 1. The van der Waals surface area contributed by atoms with Crippen molar-refractivity contribution < 1.29 is 8.78 Å². The Morgan fingerprint density at radius 3 is 2.58 bits per heavy atom. The molecule has 8 heteroatoms. The van der Waals surface area contributed by atoms with Gasteiger partial charge in [0.25, 0.3) is 0 Å². The predicted molar refractivity (Wildman–Crippen MR) is 98.0 cm³/mol. The number of aliphatic imine (C=N–C) groups is 1. The van der Waals surface area contributed by atoms with Crippen LogP contribution in [0.2, 0.25) is 0 Å². The molecule has 0 spiro atoms. The van der Waals surface area contributed by atoms with Gasteiger partial charge in [0.05, 0.1) is 6.33 Å². The summed E-state index contributed by atoms with van der Waals surface area (Å²) >= 11 is 2.82. The fraction of sp³-hybridized carbons (Fsp3) is 0.0625. The van der Waals surface area contributed by atoms with E-state index < -0.39 is 0 Å². The van der Waals surface area contributed by atoms with Crippen molar-refractivity contribution in [3.63, 3.8) is 0 Å². The van der Waals surface area contributed by atoms with Gasteiger partial charge in [0.15, 0.2) is 5.82 Å². The van der Waals surface area contributed by atoms with Crippen molar-refractivity contribution in [3.05, 3.63) is 70.3 Å². The number of hydrogen-bond donors (Lipinski definition) is 2. The first-order valence-electron chi connectivity index (χ1n) is 6.87. The van der Waals surface area contributed by atoms with Crippen molar-refractivity contribution in [3.8, 4) is 0 Å². The smallest absolute Gasteiger partial charge is 0.178 e. The SMILES string of the molecule is C/C=C/F.N/C(Sc1ccc(F)cc1)=C1/N=Cc2ccsc2N1N. The molecule has 0 radical (unpaired) electrons. The molecule has 126 valence electrons. The van der Waals surface area contributed by atoms with E-state index in [0.29, 0.717) is 17.2 Å². The lowest BCUT2D eigenvalue weighted by Crippen LogP contribution is -2.33. The number of nitrogens with zero attached hydrogens (tertiary/aromatic N) is 2. The molecule has 0 fully saturated rings. The molecular weight excluding hydrogens is 350 g/mol. The second-order valence-corrected chi connectivity index (χ2v) is 6.52. The first kappa shape index (κ1) is 18.2. The van der Waals surface area contributed by atoms with Crippen LogP contribution in [0.15, 0.2) is 68.9 Å². The summed E-state index contributed by atoms with van der Waals surface area (Å²) < 4.78 is 23.4. The molecule has 3 rings (SSSR count). The number of anilines is 1. The van der Waals surface area contributed by atoms with Crippen LogP contribution in [-0.4, -0.2) is 6.21 Å². The number of allylic oxidation sites excluding steroid dienone is 1. The van der Waals surface area contributed by atoms with Crippen molar-refractivity contribution in [2.24, 2.45) is 16.6 Å². The highest BCUT2D eigenvalue weighted by Gasteiger charge is 2.20. The van der Waals surface area contributed by atoms with Gasteiger partial charge in [0.2, 0.25) is 0 Å². The molecule has 0 bridgehead atoms. The third-order valence-electron chi connectivity index (χ3n) is 2.83. The Bertz CT molecular complexity index is 763. The highest BCUT2D eigenvalue weighted by molar-refractivity contribution is 8.03. The molecule has 4 nitrogen and oxygen atoms in total. The minimum absolute atomic E-state index is 0.278. The molecule has 0 unspecified atom stereocenters. The molecule has 1 aliphatic heterocycles. The number of rotatable bonds is 2. The summed E-state index contributed by atoms with van der Waals surface area (Å²) in [5.41, 5.74) is 7.03. The Morgan fingerprint density at radius 1 is 1.29 bits per heavy atom. The molecule has 24 heavy (non-hydrogen) atoms. The van der Waals surface area contributed by atoms with Gasteiger partial charge in [0.1, 0.15) is 15.8 Å². The van der Waals surface area contributed by atoms with E-state index in [9.17, 15) is 8.78 Å². The van der Waals surface area contributed by atoms with E-state index in [0.717, 1.165) is 15.5 Å². The number of nitrogens with two attached hydrogens (primary N) is 2. The van der Waals surface area contributed by atoms with E-state index in [1.807, 2.05) is 11.4 Å². The minimum atomic E-state index is -0.278. The normalized spacial score (nSPS) is 15.1. The molecule has 1 aromatic carbocycles. The van der Waals surface area contributed by atoms with Crippen molar-refractivity contribution in [1.82, 2.24) is 0 Å². The van der Waals surface area contributed by atoms with Crippen molar-refractivity contribution in [2.45, 2.75) is 11.8 Å². The zero-order chi connectivity index (χ0) is 17.5. The number of hydrazine groups is 1. The summed E-state index contributed by atoms with van der Waals surface area (Å²) in [7, 11) is 0. The topological polar surface area (TPSA) is 67.6 Å². The van der Waals surface area contributed by atoms with Gasteiger partial charge >= 0.3 is 0 Å². The van der Waals surface area contributed by atoms with Gasteiger partial charge in [-0.25, -0.2) is 24.6 Å². The lowest BCUT2D eigenvalue weighted by molar-refractivity contribution is 0.626. The number of halogens is 2. The Hall–Kier alpha value is -2.16. The van der Waals surface area contributed by atoms with Crippen LogP contribution in [0.25, 0.3) is 0 Å². The number of benzene rings is 1. The number of hydrogen-bond acceptors (Lipinski definition) is 6. The Kier molecular flexibility index (Phi) is 6.53. The Labute approximate surface area is 147 Å². The molecule has 1 aliphatic rings. The van der Waals surface area contributed by atoms with Crippen LogP contribution in [-0.2, 0) is 0 Å². The van der Waals surface area contributed by atoms with Gasteiger partial charge in [-0.2, -0.15) is 0 Å². The van der Waals surface area contributed by atoms with Crippen molar-refractivity contribution in [1.29, 1.82) is 0 Å². The fourth-order valence-electron chi connectivity index (χ4n) is 1.75. The summed E-state index contributed by atoms with van der Waals surface area (Å²) in [6.45, 7) is 1.62. The van der Waals surface area contributed by atoms with E-state index in [1.54, 1.807) is 25.3 Å². The molecule has 0 amide bonds. The van der Waals surface area contributed by atoms with Crippen LogP contribution in [0.3, 0.4) is 0 Å². The average Bonchev–Trinajstić information content (AvgIpc) is 3.07. The highest BCUT2D eigenvalue weighted by Crippen LogP contribution is 2.34. The molecule has 0 saturated heterocycles. The quantitative estimate of drug-likeness (QED) is 0.612. The van der Waals surface area contributed by atoms with E-state index >= 15 is 0 Å². The second kappa shape index (κ2) is 8.62. The van der Waals surface area contributed by atoms with E-state index in [1.165, 1.54) is 46.3 Å². The van der Waals surface area contributed by atoms with E-state index in [4.69, 9.17) is 11.6 Å². The Balaban J connectivity index is 0.000000471. The van der Waals surface area contributed by atoms with Crippen LogP contribution in [0.1, 0.15) is 12.5 Å². The highest BCUT2D eigenvalue weighted by atomic mass is 32.2. The lowest BCUT2D eigenvalue weighted by atomic mass is 10.3. The molecular formula is C16H16F2N4S2. The maximum Gasteiger partial charge on any atom is 0.178 e. The first-order chi connectivity index (χ1) is 11.6. The minimum Gasteiger partial charge on any atom is -0.390 e. The maximum absolute atomic E-state index is 12.9. The van der Waals surface area contributed by atoms with Crippen LogP contribution < -0.4 is 16.6 Å². The summed E-state index contributed by atoms with van der Waals surface area (Å²) in [4.78, 5) is 5.11. The molecule has 0 aliphatic carbocycles. The molecule has 0 saturated carbocycles. The molecule has 2 heterocycles. The van der Waals surface area contributed by atoms with Crippen LogP contribution >= 0.6 is 23.1 Å². The van der Waals surface area contributed by atoms with Gasteiger partial charge in [-0.3, -0.25) is 0 Å². The summed E-state index contributed by atoms with van der Waals surface area (Å²) in [5, 5.41) is 4.79. The summed E-state index contributed by atoms with van der Waals surface area (Å²) in [5.74, 6) is 6.25. The summed E-state index contributed by atoms with van der Waals surface area (Å²) in [6.07, 6.45) is 3.57. The van der Waals surface area contributed by atoms with Crippen molar-refractivity contribution in [2.75, 3.05) is 5.01 Å². The molecule has 1 aromatic heterocycles. The van der Waals surface area contributed by atoms with Crippen LogP contribution in [0, 0.1) is 5.82 Å². The van der Waals surface area contributed by atoms with Gasteiger partial charge in [-0.15, -0.1) is 11.3 Å². The first-order valence-corrected chi connectivity index (χ1v) is 8.57. The standard InChI is InChI=1S/C13H11FN4S2.C3H5F/c14-9-1-3-10(4-2-9)20-11(15)12-17-7-8-5-6-19-13(8)18(12)16;1-2-3-4/h1-7H,15-16H2;2-3H,1H3/b12-11+;3-2+. The van der Waals surface area contributed by atoms with E-state index in [-0.39, 0.29) is 5.82 Å². The van der Waals surface area contributed by atoms with Crippen LogP contribution in [0.5, 0.6) is 0 Å². The zero-order valence-electron chi connectivity index (χ0n) is 12.8. The zero-order valence-corrected chi connectivity index (χ0v) is 14.5. The number of thioether (sulfide) groups is 1. The van der Waals surface area contributed by atoms with E-state index in [2.05, 4.69) is 4.99 Å². The maximum atomic E-state index is 12.9. The monoisotopic (exact) mass is 366 g/mol. The van der Waals surface area contributed by atoms with Gasteiger partial charge in [0, 0.05) is 16.7 Å². The largest absolute Gasteiger partial charge is 0.390 e. The molecule has 0 atom stereocenters. The third-order valence-corrected chi connectivity index (χ3v) is 4.67. The van der Waals surface area contributed by atoms with Crippen LogP contribution in [0.4, 0.5) is 13.8 Å². The average molecular weight is 366 g/mol. The lowest BCUT2D eigenvalue weighted by Gasteiger charge is -2.22. The van der Waals surface area contributed by atoms with Crippen molar-refractivity contribution >= 4 is 34.3 Å². The van der Waals surface area contributed by atoms with Gasteiger partial charge in [-0.05, 0) is 42.6 Å². The number of fused-ring (bicyclic) bond motifs is 1. The predicted octanol–water partition coefficient (Wildman–Crippen LogP) is 4.37. The van der Waals surface area contributed by atoms with Gasteiger partial charge < -0.3 is 5.73 Å². The molecule has 2 aromatic rings. The summed E-state index contributed by atoms with van der Waals surface area (Å²) in [6, 6.07) is 8.06. The second-order valence-electron chi connectivity index (χ2n) is 4.51. The Morgan fingerprint density at radius 2 is 1.96 bits per heavy atom.